The van der Waals surface area contributed by atoms with Gasteiger partial charge in [0.15, 0.2) is 0 Å². The Morgan fingerprint density at radius 2 is 2.06 bits per heavy atom. The molecule has 0 aliphatic rings. The minimum atomic E-state index is -0.838. The molecule has 18 heavy (non-hydrogen) atoms. The molecule has 0 unspecified atom stereocenters. The van der Waals surface area contributed by atoms with Crippen molar-refractivity contribution in [3.8, 4) is 0 Å². The molecule has 1 rings (SSSR count). The predicted octanol–water partition coefficient (Wildman–Crippen LogP) is 1.38. The lowest BCUT2D eigenvalue weighted by Crippen LogP contribution is -2.38. The third-order valence-corrected chi connectivity index (χ3v) is 2.72. The highest BCUT2D eigenvalue weighted by atomic mass is 35.5. The van der Waals surface area contributed by atoms with Crippen LogP contribution in [-0.4, -0.2) is 42.0 Å². The molecular formula is C11H12Cl2N2O3. The number of nitrogens with zero attached hydrogens (tertiary/aromatic N) is 1. The monoisotopic (exact) mass is 290 g/mol. The maximum absolute atomic E-state index is 11.6. The lowest BCUT2D eigenvalue weighted by molar-refractivity contribution is -0.142. The molecule has 5 nitrogen and oxygen atoms in total. The van der Waals surface area contributed by atoms with Gasteiger partial charge >= 0.3 is 11.8 Å². The number of rotatable bonds is 3. The summed E-state index contributed by atoms with van der Waals surface area (Å²) in [7, 11) is 1.41. The van der Waals surface area contributed by atoms with E-state index in [1.54, 1.807) is 6.07 Å². The number of anilines is 1. The summed E-state index contributed by atoms with van der Waals surface area (Å²) in [5.41, 5.74) is 0.264. The Kier molecular flexibility index (Phi) is 5.40. The van der Waals surface area contributed by atoms with Gasteiger partial charge in [-0.3, -0.25) is 9.59 Å². The molecule has 7 heteroatoms. The van der Waals surface area contributed by atoms with Crippen LogP contribution < -0.4 is 5.32 Å². The molecule has 0 heterocycles. The minimum Gasteiger partial charge on any atom is -0.395 e. The average molecular weight is 291 g/mol. The van der Waals surface area contributed by atoms with Gasteiger partial charge in [-0.25, -0.2) is 0 Å². The number of likely N-dealkylation sites (N-methyl/N-ethyl adjacent to an activating group) is 1. The molecule has 1 aromatic carbocycles. The van der Waals surface area contributed by atoms with Gasteiger partial charge < -0.3 is 15.3 Å². The van der Waals surface area contributed by atoms with E-state index in [9.17, 15) is 9.59 Å². The summed E-state index contributed by atoms with van der Waals surface area (Å²) >= 11 is 11.6. The third-order valence-electron chi connectivity index (χ3n) is 2.15. The topological polar surface area (TPSA) is 69.6 Å². The van der Waals surface area contributed by atoms with E-state index >= 15 is 0 Å². The first kappa shape index (κ1) is 14.8. The largest absolute Gasteiger partial charge is 0.395 e. The van der Waals surface area contributed by atoms with Crippen LogP contribution in [0.15, 0.2) is 18.2 Å². The fourth-order valence-electron chi connectivity index (χ4n) is 1.19. The zero-order valence-corrected chi connectivity index (χ0v) is 11.1. The Morgan fingerprint density at radius 1 is 1.39 bits per heavy atom. The van der Waals surface area contributed by atoms with Gasteiger partial charge in [0.05, 0.1) is 17.3 Å². The van der Waals surface area contributed by atoms with Crippen LogP contribution in [0.25, 0.3) is 0 Å². The van der Waals surface area contributed by atoms with E-state index in [-0.39, 0.29) is 23.9 Å². The number of carbonyl (C=O) groups is 2. The Morgan fingerprint density at radius 3 is 2.67 bits per heavy atom. The van der Waals surface area contributed by atoms with Gasteiger partial charge in [-0.05, 0) is 18.2 Å². The van der Waals surface area contributed by atoms with Crippen LogP contribution >= 0.6 is 23.2 Å². The molecule has 0 spiro atoms. The Balaban J connectivity index is 2.75. The fourth-order valence-corrected chi connectivity index (χ4v) is 1.53. The summed E-state index contributed by atoms with van der Waals surface area (Å²) in [6, 6.07) is 4.53. The van der Waals surface area contributed by atoms with Crippen molar-refractivity contribution in [3.63, 3.8) is 0 Å². The number of aliphatic hydroxyl groups excluding tert-OH is 1. The molecule has 0 radical (unpaired) electrons. The molecule has 0 fully saturated rings. The molecule has 0 aliphatic carbocycles. The van der Waals surface area contributed by atoms with Crippen molar-refractivity contribution >= 4 is 40.7 Å². The first-order valence-electron chi connectivity index (χ1n) is 5.08. The zero-order valence-electron chi connectivity index (χ0n) is 9.61. The normalized spacial score (nSPS) is 10.0. The smallest absolute Gasteiger partial charge is 0.313 e. The number of amides is 2. The quantitative estimate of drug-likeness (QED) is 0.827. The molecule has 1 aromatic rings. The second kappa shape index (κ2) is 6.58. The highest BCUT2D eigenvalue weighted by Crippen LogP contribution is 2.25. The van der Waals surface area contributed by atoms with Gasteiger partial charge in [0.1, 0.15) is 0 Å². The van der Waals surface area contributed by atoms with E-state index in [4.69, 9.17) is 28.3 Å². The predicted molar refractivity (Wildman–Crippen MR) is 69.8 cm³/mol. The summed E-state index contributed by atoms with van der Waals surface area (Å²) in [5.74, 6) is -1.60. The van der Waals surface area contributed by atoms with Crippen LogP contribution in [-0.2, 0) is 9.59 Å². The number of halogens is 2. The average Bonchev–Trinajstić information content (AvgIpc) is 2.33. The van der Waals surface area contributed by atoms with Gasteiger partial charge in [-0.2, -0.15) is 0 Å². The molecule has 0 saturated carbocycles. The standard InChI is InChI=1S/C11H12Cl2N2O3/c1-15(4-5-16)11(18)10(17)14-9-6-7(12)2-3-8(9)13/h2-3,6,16H,4-5H2,1H3,(H,14,17). The van der Waals surface area contributed by atoms with E-state index in [0.717, 1.165) is 4.90 Å². The van der Waals surface area contributed by atoms with Crippen LogP contribution in [0.3, 0.4) is 0 Å². The molecule has 0 bridgehead atoms. The van der Waals surface area contributed by atoms with Crippen molar-refractivity contribution in [2.24, 2.45) is 0 Å². The fraction of sp³-hybridized carbons (Fsp3) is 0.273. The summed E-state index contributed by atoms with van der Waals surface area (Å²) in [6.45, 7) is -0.136. The van der Waals surface area contributed by atoms with E-state index in [0.29, 0.717) is 5.02 Å². The van der Waals surface area contributed by atoms with Crippen LogP contribution in [0.5, 0.6) is 0 Å². The third kappa shape index (κ3) is 3.87. The number of benzene rings is 1. The van der Waals surface area contributed by atoms with Crippen molar-refractivity contribution in [2.45, 2.75) is 0 Å². The summed E-state index contributed by atoms with van der Waals surface area (Å²) in [4.78, 5) is 24.3. The van der Waals surface area contributed by atoms with Crippen LogP contribution in [0.4, 0.5) is 5.69 Å². The van der Waals surface area contributed by atoms with E-state index in [1.807, 2.05) is 0 Å². The van der Waals surface area contributed by atoms with E-state index < -0.39 is 11.8 Å². The number of hydrogen-bond donors (Lipinski definition) is 2. The van der Waals surface area contributed by atoms with Gasteiger partial charge in [0.25, 0.3) is 0 Å². The van der Waals surface area contributed by atoms with Crippen LogP contribution in [0.1, 0.15) is 0 Å². The lowest BCUT2D eigenvalue weighted by atomic mass is 10.3. The number of aliphatic hydroxyl groups is 1. The second-order valence-electron chi connectivity index (χ2n) is 3.53. The van der Waals surface area contributed by atoms with E-state index in [2.05, 4.69) is 5.32 Å². The molecule has 98 valence electrons. The van der Waals surface area contributed by atoms with Crippen molar-refractivity contribution < 1.29 is 14.7 Å². The highest BCUT2D eigenvalue weighted by Gasteiger charge is 2.19. The van der Waals surface area contributed by atoms with Gasteiger partial charge in [0.2, 0.25) is 0 Å². The molecule has 0 saturated heterocycles. The summed E-state index contributed by atoms with van der Waals surface area (Å²) < 4.78 is 0. The van der Waals surface area contributed by atoms with Crippen molar-refractivity contribution in [3.05, 3.63) is 28.2 Å². The molecule has 0 aromatic heterocycles. The number of carbonyl (C=O) groups excluding carboxylic acids is 2. The number of nitrogens with one attached hydrogen (secondary N) is 1. The Bertz CT molecular complexity index is 466. The SMILES string of the molecule is CN(CCO)C(=O)C(=O)Nc1cc(Cl)ccc1Cl. The summed E-state index contributed by atoms with van der Waals surface area (Å²) in [5, 5.41) is 11.7. The summed E-state index contributed by atoms with van der Waals surface area (Å²) in [6.07, 6.45) is 0. The van der Waals surface area contributed by atoms with Crippen LogP contribution in [0, 0.1) is 0 Å². The molecular weight excluding hydrogens is 279 g/mol. The van der Waals surface area contributed by atoms with Crippen molar-refractivity contribution in [2.75, 3.05) is 25.5 Å². The molecule has 0 aliphatic heterocycles. The van der Waals surface area contributed by atoms with Crippen LogP contribution in [0.2, 0.25) is 10.0 Å². The maximum atomic E-state index is 11.6. The Labute approximate surface area is 114 Å². The first-order chi connectivity index (χ1) is 8.45. The van der Waals surface area contributed by atoms with Gasteiger partial charge in [-0.1, -0.05) is 23.2 Å². The zero-order chi connectivity index (χ0) is 13.7. The maximum Gasteiger partial charge on any atom is 0.313 e. The van der Waals surface area contributed by atoms with Gasteiger partial charge in [0, 0.05) is 18.6 Å². The lowest BCUT2D eigenvalue weighted by Gasteiger charge is -2.15. The minimum absolute atomic E-state index is 0.0789. The van der Waals surface area contributed by atoms with Gasteiger partial charge in [-0.15, -0.1) is 0 Å². The van der Waals surface area contributed by atoms with E-state index in [1.165, 1.54) is 19.2 Å². The highest BCUT2D eigenvalue weighted by molar-refractivity contribution is 6.41. The van der Waals surface area contributed by atoms with Crippen molar-refractivity contribution in [1.29, 1.82) is 0 Å². The Hall–Kier alpha value is -1.30. The van der Waals surface area contributed by atoms with Crippen molar-refractivity contribution in [1.82, 2.24) is 4.90 Å². The number of hydrogen-bond acceptors (Lipinski definition) is 3. The molecule has 0 atom stereocenters. The first-order valence-corrected chi connectivity index (χ1v) is 5.83. The molecule has 2 N–H and O–H groups in total. The second-order valence-corrected chi connectivity index (χ2v) is 4.37. The molecule has 2 amide bonds.